The van der Waals surface area contributed by atoms with E-state index in [2.05, 4.69) is 0 Å². The van der Waals surface area contributed by atoms with Crippen molar-refractivity contribution >= 4 is 12.4 Å². The molecule has 11 heavy (non-hydrogen) atoms. The molecule has 0 heterocycles. The normalized spacial score (nSPS) is 21.0. The molecule has 0 spiro atoms. The van der Waals surface area contributed by atoms with Crippen molar-refractivity contribution in [1.82, 2.24) is 0 Å². The average Bonchev–Trinajstić information content (AvgIpc) is 2.00. The summed E-state index contributed by atoms with van der Waals surface area (Å²) < 4.78 is 36.6. The van der Waals surface area contributed by atoms with Gasteiger partial charge in [-0.3, -0.25) is 0 Å². The van der Waals surface area contributed by atoms with E-state index in [0.717, 1.165) is 0 Å². The van der Waals surface area contributed by atoms with E-state index in [1.807, 2.05) is 0 Å². The van der Waals surface area contributed by atoms with E-state index in [0.29, 0.717) is 5.56 Å². The van der Waals surface area contributed by atoms with Crippen LogP contribution in [0.15, 0.2) is 30.3 Å². The molecule has 0 fully saturated rings. The highest BCUT2D eigenvalue weighted by Crippen LogP contribution is 2.11. The van der Waals surface area contributed by atoms with Gasteiger partial charge in [0.25, 0.3) is 0 Å². The summed E-state index contributed by atoms with van der Waals surface area (Å²) in [7, 11) is 0. The van der Waals surface area contributed by atoms with E-state index < -0.39 is 19.3 Å². The van der Waals surface area contributed by atoms with Crippen LogP contribution in [0.4, 0.5) is 0 Å². The lowest BCUT2D eigenvalue weighted by atomic mass is 10.0. The summed E-state index contributed by atoms with van der Waals surface area (Å²) in [5, 5.41) is 0. The summed E-state index contributed by atoms with van der Waals surface area (Å²) in [5.74, 6) is -1.30. The largest absolute Gasteiger partial charge is 0.330 e. The predicted molar refractivity (Wildman–Crippen MR) is 51.2 cm³/mol. The molecule has 1 aromatic rings. The third kappa shape index (κ3) is 2.91. The van der Waals surface area contributed by atoms with Crippen molar-refractivity contribution in [3.8, 4) is 0 Å². The van der Waals surface area contributed by atoms with Crippen LogP contribution in [-0.4, -0.2) is 6.50 Å². The molecule has 0 saturated heterocycles. The molecule has 2 heteroatoms. The van der Waals surface area contributed by atoms with E-state index in [1.165, 1.54) is 0 Å². The minimum atomic E-state index is -2.44. The minimum absolute atomic E-state index is 0. The van der Waals surface area contributed by atoms with Gasteiger partial charge in [-0.05, 0) is 18.0 Å². The predicted octanol–water partition coefficient (Wildman–Crippen LogP) is 2.17. The molecule has 0 bridgehead atoms. The van der Waals surface area contributed by atoms with Crippen LogP contribution in [0.5, 0.6) is 0 Å². The first-order valence-electron chi connectivity index (χ1n) is 5.57. The van der Waals surface area contributed by atoms with Crippen molar-refractivity contribution in [2.24, 2.45) is 5.73 Å². The van der Waals surface area contributed by atoms with E-state index in [1.54, 1.807) is 30.3 Å². The van der Waals surface area contributed by atoms with E-state index in [9.17, 15) is 0 Å². The lowest BCUT2D eigenvalue weighted by molar-refractivity contribution is 0.774. The molecule has 0 aliphatic carbocycles. The highest BCUT2D eigenvalue weighted by molar-refractivity contribution is 5.85. The Bertz CT molecular complexity index is 305. The molecule has 1 rings (SSSR count). The van der Waals surface area contributed by atoms with Crippen LogP contribution in [0.25, 0.3) is 0 Å². The molecule has 1 atom stereocenters. The Hall–Kier alpha value is -0.530. The fourth-order valence-corrected chi connectivity index (χ4v) is 0.742. The van der Waals surface area contributed by atoms with Crippen LogP contribution >= 0.6 is 12.4 Å². The highest BCUT2D eigenvalue weighted by atomic mass is 35.5. The van der Waals surface area contributed by atoms with Crippen LogP contribution in [0.2, 0.25) is 0 Å². The highest BCUT2D eigenvalue weighted by Gasteiger charge is 1.99. The second-order valence-corrected chi connectivity index (χ2v) is 2.01. The summed E-state index contributed by atoms with van der Waals surface area (Å²) in [6, 6.07) is 8.22. The summed E-state index contributed by atoms with van der Waals surface area (Å²) >= 11 is 0. The van der Waals surface area contributed by atoms with Gasteiger partial charge in [0.05, 0.1) is 0 Å². The maximum absolute atomic E-state index is 7.37. The molecular formula is C9H14ClN. The lowest BCUT2D eigenvalue weighted by Gasteiger charge is -2.06. The van der Waals surface area contributed by atoms with Gasteiger partial charge in [-0.1, -0.05) is 37.2 Å². The van der Waals surface area contributed by atoms with Crippen LogP contribution < -0.4 is 5.73 Å². The molecular weight excluding hydrogens is 158 g/mol. The number of halogens is 1. The molecule has 2 N–H and O–H groups in total. The topological polar surface area (TPSA) is 26.0 Å². The molecule has 0 amide bonds. The van der Waals surface area contributed by atoms with E-state index in [4.69, 9.17) is 12.6 Å². The van der Waals surface area contributed by atoms with Gasteiger partial charge < -0.3 is 5.73 Å². The third-order valence-electron chi connectivity index (χ3n) is 1.30. The molecule has 0 aromatic heterocycles. The monoisotopic (exact) mass is 176 g/mol. The standard InChI is InChI=1S/C9H13N.ClH/c1-8(7-10)9-5-3-2-4-6-9;/h2-6,8H,7,10H2,1H3;1H/i1D3,7D2;. The van der Waals surface area contributed by atoms with Crippen molar-refractivity contribution in [3.63, 3.8) is 0 Å². The smallest absolute Gasteiger partial charge is 0.0432 e. The maximum Gasteiger partial charge on any atom is 0.0432 e. The van der Waals surface area contributed by atoms with Gasteiger partial charge in [-0.15, -0.1) is 12.4 Å². The Morgan fingerprint density at radius 2 is 2.18 bits per heavy atom. The fraction of sp³-hybridized carbons (Fsp3) is 0.333. The molecule has 1 unspecified atom stereocenters. The zero-order chi connectivity index (χ0) is 11.7. The van der Waals surface area contributed by atoms with E-state index in [-0.39, 0.29) is 12.4 Å². The maximum atomic E-state index is 7.37. The Labute approximate surface area is 81.0 Å². The Kier molecular flexibility index (Phi) is 2.11. The van der Waals surface area contributed by atoms with Crippen molar-refractivity contribution in [1.29, 1.82) is 0 Å². The van der Waals surface area contributed by atoms with Gasteiger partial charge in [0.15, 0.2) is 0 Å². The number of nitrogens with two attached hydrogens (primary N) is 1. The number of benzene rings is 1. The number of hydrogen-bond acceptors (Lipinski definition) is 1. The average molecular weight is 177 g/mol. The Morgan fingerprint density at radius 3 is 2.64 bits per heavy atom. The van der Waals surface area contributed by atoms with Crippen molar-refractivity contribution in [3.05, 3.63) is 35.9 Å². The quantitative estimate of drug-likeness (QED) is 0.735. The molecule has 0 aliphatic rings. The SMILES string of the molecule is Cl.[2H]C([2H])([2H])C(c1ccccc1)C([2H])([2H])N. The fourth-order valence-electron chi connectivity index (χ4n) is 0.742. The van der Waals surface area contributed by atoms with Crippen LogP contribution in [0, 0.1) is 0 Å². The molecule has 0 aliphatic heterocycles. The molecule has 0 saturated carbocycles. The first-order valence-corrected chi connectivity index (χ1v) is 3.07. The molecule has 1 aromatic carbocycles. The summed E-state index contributed by atoms with van der Waals surface area (Å²) in [5.41, 5.74) is 5.66. The Balaban J connectivity index is 0.00000225. The number of hydrogen-bond donors (Lipinski definition) is 1. The summed E-state index contributed by atoms with van der Waals surface area (Å²) in [6.45, 7) is -4.70. The first-order chi connectivity index (χ1) is 6.73. The van der Waals surface area contributed by atoms with Gasteiger partial charge in [0, 0.05) is 6.85 Å². The molecule has 0 radical (unpaired) electrons. The number of rotatable bonds is 2. The van der Waals surface area contributed by atoms with Crippen LogP contribution in [0.3, 0.4) is 0 Å². The minimum Gasteiger partial charge on any atom is -0.330 e. The van der Waals surface area contributed by atoms with Crippen molar-refractivity contribution in [2.45, 2.75) is 12.8 Å². The first kappa shape index (κ1) is 4.48. The third-order valence-corrected chi connectivity index (χ3v) is 1.30. The van der Waals surface area contributed by atoms with Gasteiger partial charge in [0.2, 0.25) is 0 Å². The van der Waals surface area contributed by atoms with Crippen LogP contribution in [-0.2, 0) is 0 Å². The second-order valence-electron chi connectivity index (χ2n) is 2.01. The van der Waals surface area contributed by atoms with Gasteiger partial charge in [-0.25, -0.2) is 0 Å². The zero-order valence-electron chi connectivity index (χ0n) is 10.9. The van der Waals surface area contributed by atoms with Gasteiger partial charge >= 0.3 is 0 Å². The van der Waals surface area contributed by atoms with Crippen LogP contribution in [0.1, 0.15) is 25.2 Å². The lowest BCUT2D eigenvalue weighted by Crippen LogP contribution is -2.08. The van der Waals surface area contributed by atoms with Gasteiger partial charge in [-0.2, -0.15) is 0 Å². The molecule has 62 valence electrons. The molecule has 1 nitrogen and oxygen atoms in total. The summed E-state index contributed by atoms with van der Waals surface area (Å²) in [6.07, 6.45) is 0. The second kappa shape index (κ2) is 5.16. The Morgan fingerprint density at radius 1 is 1.55 bits per heavy atom. The van der Waals surface area contributed by atoms with E-state index >= 15 is 0 Å². The van der Waals surface area contributed by atoms with Crippen molar-refractivity contribution in [2.75, 3.05) is 6.50 Å². The zero-order valence-corrected chi connectivity index (χ0v) is 6.77. The van der Waals surface area contributed by atoms with Crippen molar-refractivity contribution < 1.29 is 6.85 Å². The van der Waals surface area contributed by atoms with Gasteiger partial charge in [0.1, 0.15) is 0 Å². The summed E-state index contributed by atoms with van der Waals surface area (Å²) in [4.78, 5) is 0.